The average Bonchev–Trinajstić information content (AvgIpc) is 3.24. The second kappa shape index (κ2) is 6.90. The molecule has 1 saturated heterocycles. The van der Waals surface area contributed by atoms with Gasteiger partial charge in [-0.1, -0.05) is 48.6 Å². The maximum absolute atomic E-state index is 12.1. The van der Waals surface area contributed by atoms with Gasteiger partial charge >= 0.3 is 0 Å². The normalized spacial score (nSPS) is 39.7. The van der Waals surface area contributed by atoms with Gasteiger partial charge in [0, 0.05) is 30.0 Å². The molecule has 2 fully saturated rings. The summed E-state index contributed by atoms with van der Waals surface area (Å²) in [5, 5.41) is 23.0. The standard InChI is InChI=1S/C30H35NO4/c1-27(33,12-11-19-7-5-4-6-8-19)22-18-28-13-14-30(22,34-3)26-29(28)15-16-31(2)23(28)17-20-9-10-21(32)25(35-26)24(20)29/h4-10,13-14,22-23,26,32-33H,11-12,15-18H2,1-3H3/t22-,23-,26-,27-,28-,29+,30-/m1/s1/i3-1. The van der Waals surface area contributed by atoms with Gasteiger partial charge in [0.2, 0.25) is 0 Å². The number of hydrogen-bond acceptors (Lipinski definition) is 5. The van der Waals surface area contributed by atoms with E-state index in [1.165, 1.54) is 16.7 Å². The Labute approximate surface area is 207 Å². The second-order valence-electron chi connectivity index (χ2n) is 11.9. The van der Waals surface area contributed by atoms with Crippen LogP contribution in [-0.4, -0.2) is 59.2 Å². The lowest BCUT2D eigenvalue weighted by Gasteiger charge is -2.72. The van der Waals surface area contributed by atoms with E-state index < -0.39 is 11.2 Å². The van der Waals surface area contributed by atoms with Crippen molar-refractivity contribution in [1.82, 2.24) is 4.90 Å². The average molecular weight is 473 g/mol. The van der Waals surface area contributed by atoms with Crippen molar-refractivity contribution in [3.8, 4) is 11.5 Å². The van der Waals surface area contributed by atoms with Crippen LogP contribution in [0.4, 0.5) is 0 Å². The number of likely N-dealkylation sites (N-methyl/N-ethyl adjacent to an activating group) is 1. The summed E-state index contributed by atoms with van der Waals surface area (Å²) in [5.41, 5.74) is 1.61. The lowest BCUT2D eigenvalue weighted by molar-refractivity contribution is -0.247. The first-order chi connectivity index (χ1) is 16.8. The van der Waals surface area contributed by atoms with Gasteiger partial charge in [-0.05, 0) is 69.8 Å². The molecule has 7 atom stereocenters. The fourth-order valence-corrected chi connectivity index (χ4v) is 8.98. The number of aliphatic hydroxyl groups is 1. The third-order valence-corrected chi connectivity index (χ3v) is 10.6. The van der Waals surface area contributed by atoms with E-state index in [1.807, 2.05) is 13.0 Å². The number of ether oxygens (including phenoxy) is 2. The van der Waals surface area contributed by atoms with Crippen molar-refractivity contribution >= 4 is 0 Å². The van der Waals surface area contributed by atoms with Crippen LogP contribution >= 0.6 is 0 Å². The minimum Gasteiger partial charge on any atom is -0.504 e. The molecular weight excluding hydrogens is 437 g/mol. The van der Waals surface area contributed by atoms with E-state index in [9.17, 15) is 10.2 Å². The summed E-state index contributed by atoms with van der Waals surface area (Å²) in [4.78, 5) is 2.52. The van der Waals surface area contributed by atoms with Crippen LogP contribution in [0.2, 0.25) is 0 Å². The molecule has 0 unspecified atom stereocenters. The quantitative estimate of drug-likeness (QED) is 0.645. The van der Waals surface area contributed by atoms with Gasteiger partial charge in [0.05, 0.1) is 11.0 Å². The van der Waals surface area contributed by atoms with E-state index in [1.54, 1.807) is 13.2 Å². The Bertz CT molecular complexity index is 1220. The maximum Gasteiger partial charge on any atom is 0.165 e. The van der Waals surface area contributed by atoms with Crippen molar-refractivity contribution in [3.05, 3.63) is 71.3 Å². The number of aromatic hydroxyl groups is 1. The predicted octanol–water partition coefficient (Wildman–Crippen LogP) is 4.00. The summed E-state index contributed by atoms with van der Waals surface area (Å²) in [7, 11) is 4.01. The first-order valence-electron chi connectivity index (χ1n) is 13.0. The Morgan fingerprint density at radius 3 is 2.74 bits per heavy atom. The largest absolute Gasteiger partial charge is 0.504 e. The molecule has 8 rings (SSSR count). The van der Waals surface area contributed by atoms with Gasteiger partial charge in [-0.15, -0.1) is 0 Å². The van der Waals surface area contributed by atoms with Crippen molar-refractivity contribution in [2.45, 2.75) is 67.8 Å². The number of phenolic OH excluding ortho intramolecular Hbond substituents is 1. The number of nitrogens with zero attached hydrogens (tertiary/aromatic N) is 1. The minimum atomic E-state index is -0.946. The highest BCUT2D eigenvalue weighted by atomic mass is 16.5. The number of phenols is 1. The van der Waals surface area contributed by atoms with E-state index in [4.69, 9.17) is 9.47 Å². The van der Waals surface area contributed by atoms with Gasteiger partial charge in [-0.2, -0.15) is 0 Å². The van der Waals surface area contributed by atoms with Gasteiger partial charge < -0.3 is 24.6 Å². The highest BCUT2D eigenvalue weighted by molar-refractivity contribution is 5.65. The Balaban J connectivity index is 1.38. The summed E-state index contributed by atoms with van der Waals surface area (Å²) in [6, 6.07) is 14.6. The van der Waals surface area contributed by atoms with Crippen molar-refractivity contribution in [2.24, 2.45) is 11.3 Å². The number of aryl methyl sites for hydroxylation is 1. The molecule has 2 spiro atoms. The van der Waals surface area contributed by atoms with E-state index in [-0.39, 0.29) is 28.6 Å². The molecule has 2 aromatic rings. The third-order valence-electron chi connectivity index (χ3n) is 10.6. The summed E-state index contributed by atoms with van der Waals surface area (Å²) in [6.45, 7) is 2.98. The van der Waals surface area contributed by atoms with E-state index in [0.717, 1.165) is 32.2 Å². The SMILES string of the molecule is CN1CC[C@]23c4c5ccc(O)c4O[C@H]2[C@@]2(O[11CH3])C=C[C@@]3(C[C@@H]2[C@](C)(O)CCc2ccccc2)[C@H]1C5. The Morgan fingerprint density at radius 1 is 1.17 bits per heavy atom. The molecule has 5 heteroatoms. The van der Waals surface area contributed by atoms with Crippen LogP contribution in [-0.2, 0) is 23.0 Å². The van der Waals surface area contributed by atoms with Crippen LogP contribution < -0.4 is 4.74 Å². The monoisotopic (exact) mass is 472 g/mol. The highest BCUT2D eigenvalue weighted by Crippen LogP contribution is 2.75. The van der Waals surface area contributed by atoms with Crippen LogP contribution in [0.5, 0.6) is 11.5 Å². The Kier molecular flexibility index (Phi) is 4.32. The van der Waals surface area contributed by atoms with Gasteiger partial charge in [0.15, 0.2) is 11.5 Å². The van der Waals surface area contributed by atoms with Crippen LogP contribution in [0.25, 0.3) is 0 Å². The molecule has 2 aliphatic heterocycles. The number of methoxy groups -OCH3 is 1. The third kappa shape index (κ3) is 2.45. The molecule has 6 aliphatic rings. The molecule has 2 heterocycles. The van der Waals surface area contributed by atoms with Crippen LogP contribution in [0.3, 0.4) is 0 Å². The molecule has 1 saturated carbocycles. The number of hydrogen-bond donors (Lipinski definition) is 2. The van der Waals surface area contributed by atoms with E-state index in [2.05, 4.69) is 54.4 Å². The molecule has 0 aromatic heterocycles. The van der Waals surface area contributed by atoms with Crippen molar-refractivity contribution in [1.29, 1.82) is 0 Å². The fraction of sp³-hybridized carbons (Fsp3) is 0.533. The van der Waals surface area contributed by atoms with Crippen LogP contribution in [0.1, 0.15) is 42.9 Å². The van der Waals surface area contributed by atoms with Crippen molar-refractivity contribution in [3.63, 3.8) is 0 Å². The number of fused-ring (bicyclic) bond motifs is 1. The second-order valence-corrected chi connectivity index (χ2v) is 11.9. The zero-order valence-corrected chi connectivity index (χ0v) is 20.8. The molecular formula is C30H35NO4. The molecule has 2 N–H and O–H groups in total. The highest BCUT2D eigenvalue weighted by Gasteiger charge is 2.80. The number of likely N-dealkylation sites (tertiary alicyclic amines) is 1. The van der Waals surface area contributed by atoms with Gasteiger partial charge in [-0.3, -0.25) is 0 Å². The maximum atomic E-state index is 12.1. The topological polar surface area (TPSA) is 62.2 Å². The molecule has 2 aromatic carbocycles. The molecule has 4 bridgehead atoms. The van der Waals surface area contributed by atoms with Crippen LogP contribution in [0.15, 0.2) is 54.6 Å². The molecule has 4 aliphatic carbocycles. The number of rotatable bonds is 5. The summed E-state index contributed by atoms with van der Waals surface area (Å²) < 4.78 is 13.3. The molecule has 35 heavy (non-hydrogen) atoms. The van der Waals surface area contributed by atoms with E-state index in [0.29, 0.717) is 18.2 Å². The van der Waals surface area contributed by atoms with E-state index >= 15 is 0 Å². The first-order valence-corrected chi connectivity index (χ1v) is 13.0. The Hall–Kier alpha value is -2.34. The fourth-order valence-electron chi connectivity index (χ4n) is 8.98. The molecule has 0 radical (unpaired) electrons. The van der Waals surface area contributed by atoms with Crippen molar-refractivity contribution < 1.29 is 19.7 Å². The van der Waals surface area contributed by atoms with Gasteiger partial charge in [0.1, 0.15) is 11.7 Å². The zero-order valence-electron chi connectivity index (χ0n) is 20.8. The minimum absolute atomic E-state index is 0.126. The summed E-state index contributed by atoms with van der Waals surface area (Å²) in [6.07, 6.45) is 8.58. The predicted molar refractivity (Wildman–Crippen MR) is 134 cm³/mol. The number of benzene rings is 2. The van der Waals surface area contributed by atoms with Gasteiger partial charge in [0.25, 0.3) is 0 Å². The molecule has 0 amide bonds. The van der Waals surface area contributed by atoms with Crippen LogP contribution in [0, 0.1) is 11.3 Å². The Morgan fingerprint density at radius 2 is 1.97 bits per heavy atom. The van der Waals surface area contributed by atoms with Crippen molar-refractivity contribution in [2.75, 3.05) is 20.7 Å². The lowest BCUT2D eigenvalue weighted by atomic mass is 9.36. The summed E-state index contributed by atoms with van der Waals surface area (Å²) >= 11 is 0. The first kappa shape index (κ1) is 21.9. The smallest absolute Gasteiger partial charge is 0.165 e. The molecule has 5 nitrogen and oxygen atoms in total. The number of piperidine rings is 1. The molecule has 184 valence electrons. The zero-order chi connectivity index (χ0) is 24.2. The van der Waals surface area contributed by atoms with Gasteiger partial charge in [-0.25, -0.2) is 0 Å². The lowest BCUT2D eigenvalue weighted by Crippen LogP contribution is -2.80. The summed E-state index contributed by atoms with van der Waals surface area (Å²) in [5.74, 6) is 0.742.